The number of carboxylic acid groups (broad SMARTS) is 1. The third kappa shape index (κ3) is 4.61. The molecule has 3 aromatic carbocycles. The lowest BCUT2D eigenvalue weighted by Gasteiger charge is -2.30. The zero-order valence-electron chi connectivity index (χ0n) is 17.4. The maximum atomic E-state index is 11.7. The van der Waals surface area contributed by atoms with E-state index in [-0.39, 0.29) is 12.2 Å². The van der Waals surface area contributed by atoms with Crippen molar-refractivity contribution in [2.75, 3.05) is 7.11 Å². The first-order valence-corrected chi connectivity index (χ1v) is 11.7. The van der Waals surface area contributed by atoms with Crippen molar-refractivity contribution in [3.8, 4) is 22.6 Å². The molecule has 0 spiro atoms. The molecule has 0 amide bonds. The van der Waals surface area contributed by atoms with Crippen molar-refractivity contribution in [3.63, 3.8) is 0 Å². The smallest absolute Gasteiger partial charge is 0.303 e. The Labute approximate surface area is 186 Å². The molecule has 4 rings (SSSR count). The summed E-state index contributed by atoms with van der Waals surface area (Å²) in [5.41, 5.74) is 4.85. The summed E-state index contributed by atoms with van der Waals surface area (Å²) in [6.07, 6.45) is 0.0289. The van der Waals surface area contributed by atoms with Crippen LogP contribution in [-0.4, -0.2) is 26.6 Å². The number of ether oxygens (including phenoxy) is 2. The first-order chi connectivity index (χ1) is 15.2. The van der Waals surface area contributed by atoms with Crippen molar-refractivity contribution in [1.29, 1.82) is 0 Å². The molecular weight excluding hydrogens is 430 g/mol. The summed E-state index contributed by atoms with van der Waals surface area (Å²) in [7, 11) is -2.10. The van der Waals surface area contributed by atoms with Gasteiger partial charge in [-0.1, -0.05) is 48.5 Å². The van der Waals surface area contributed by atoms with Gasteiger partial charge in [0.1, 0.15) is 17.6 Å². The van der Waals surface area contributed by atoms with Crippen LogP contribution >= 0.6 is 0 Å². The molecule has 1 unspecified atom stereocenters. The number of carbonyl (C=O) groups is 1. The minimum Gasteiger partial charge on any atom is -0.496 e. The van der Waals surface area contributed by atoms with Gasteiger partial charge in [0.15, 0.2) is 0 Å². The highest BCUT2D eigenvalue weighted by Crippen LogP contribution is 2.49. The Hall–Kier alpha value is -3.36. The summed E-state index contributed by atoms with van der Waals surface area (Å²) in [4.78, 5) is 10.8. The van der Waals surface area contributed by atoms with E-state index in [1.807, 2.05) is 48.5 Å². The van der Waals surface area contributed by atoms with Crippen molar-refractivity contribution in [2.24, 2.45) is 5.14 Å². The number of aliphatic carboxylic acids is 1. The van der Waals surface area contributed by atoms with E-state index in [0.29, 0.717) is 23.5 Å². The average molecular weight is 454 g/mol. The molecule has 0 bridgehead atoms. The van der Waals surface area contributed by atoms with Crippen LogP contribution in [0.1, 0.15) is 34.8 Å². The highest BCUT2D eigenvalue weighted by molar-refractivity contribution is 7.88. The monoisotopic (exact) mass is 453 g/mol. The summed E-state index contributed by atoms with van der Waals surface area (Å²) in [5, 5.41) is 14.2. The van der Waals surface area contributed by atoms with E-state index in [4.69, 9.17) is 19.7 Å². The standard InChI is InChI=1S/C24H23NO6S/c1-30-20-3-2-4-21-23(20)18-11-7-16(14-32(25,28)29)13-19(18)24(31-21)17-9-5-15(6-10-17)8-12-22(26)27/h2-7,9-11,13,24H,8,12,14H2,1H3,(H,26,27)(H2,25,28,29). The first-order valence-electron chi connectivity index (χ1n) is 10.0. The molecular formula is C24H23NO6S. The minimum atomic E-state index is -3.69. The van der Waals surface area contributed by atoms with E-state index in [1.165, 1.54) is 0 Å². The van der Waals surface area contributed by atoms with Crippen LogP contribution in [0.2, 0.25) is 0 Å². The van der Waals surface area contributed by atoms with Crippen LogP contribution in [0.25, 0.3) is 11.1 Å². The molecule has 1 heterocycles. The molecule has 0 radical (unpaired) electrons. The number of fused-ring (bicyclic) bond motifs is 3. The second-order valence-electron chi connectivity index (χ2n) is 7.70. The summed E-state index contributed by atoms with van der Waals surface area (Å²) in [6.45, 7) is 0. The number of hydrogen-bond acceptors (Lipinski definition) is 5. The molecule has 0 saturated heterocycles. The van der Waals surface area contributed by atoms with E-state index in [2.05, 4.69) is 0 Å². The van der Waals surface area contributed by atoms with E-state index in [0.717, 1.165) is 27.8 Å². The molecule has 0 aromatic heterocycles. The van der Waals surface area contributed by atoms with E-state index >= 15 is 0 Å². The lowest BCUT2D eigenvalue weighted by Crippen LogP contribution is -2.18. The molecule has 166 valence electrons. The van der Waals surface area contributed by atoms with Gasteiger partial charge in [0, 0.05) is 12.0 Å². The second-order valence-corrected chi connectivity index (χ2v) is 9.31. The number of nitrogens with two attached hydrogens (primary N) is 1. The van der Waals surface area contributed by atoms with Crippen LogP contribution in [0.15, 0.2) is 60.7 Å². The lowest BCUT2D eigenvalue weighted by molar-refractivity contribution is -0.136. The largest absolute Gasteiger partial charge is 0.496 e. The SMILES string of the molecule is COc1cccc2c1-c1ccc(CS(N)(=O)=O)cc1C(c1ccc(CCC(=O)O)cc1)O2. The van der Waals surface area contributed by atoms with Crippen molar-refractivity contribution in [3.05, 3.63) is 82.9 Å². The molecule has 7 nitrogen and oxygen atoms in total. The quantitative estimate of drug-likeness (QED) is 0.564. The van der Waals surface area contributed by atoms with Gasteiger partial charge < -0.3 is 14.6 Å². The molecule has 1 aliphatic rings. The number of methoxy groups -OCH3 is 1. The zero-order chi connectivity index (χ0) is 22.9. The summed E-state index contributed by atoms with van der Waals surface area (Å²) in [5.74, 6) is 0.202. The first kappa shape index (κ1) is 21.9. The Kier molecular flexibility index (Phi) is 5.90. The van der Waals surface area contributed by atoms with Crippen molar-refractivity contribution in [1.82, 2.24) is 0 Å². The third-order valence-corrected chi connectivity index (χ3v) is 6.13. The van der Waals surface area contributed by atoms with E-state index in [9.17, 15) is 13.2 Å². The molecule has 1 atom stereocenters. The lowest BCUT2D eigenvalue weighted by atomic mass is 9.88. The normalized spacial score (nSPS) is 14.8. The average Bonchev–Trinajstić information content (AvgIpc) is 2.75. The number of aryl methyl sites for hydroxylation is 1. The highest BCUT2D eigenvalue weighted by atomic mass is 32.2. The number of hydrogen-bond donors (Lipinski definition) is 2. The van der Waals surface area contributed by atoms with Gasteiger partial charge in [-0.05, 0) is 40.8 Å². The van der Waals surface area contributed by atoms with Crippen LogP contribution in [0.3, 0.4) is 0 Å². The maximum Gasteiger partial charge on any atom is 0.303 e. The number of sulfonamides is 1. The van der Waals surface area contributed by atoms with Crippen molar-refractivity contribution >= 4 is 16.0 Å². The number of primary sulfonamides is 1. The maximum absolute atomic E-state index is 11.7. The highest BCUT2D eigenvalue weighted by Gasteiger charge is 2.30. The van der Waals surface area contributed by atoms with Gasteiger partial charge >= 0.3 is 5.97 Å². The van der Waals surface area contributed by atoms with Gasteiger partial charge in [-0.25, -0.2) is 13.6 Å². The van der Waals surface area contributed by atoms with Crippen LogP contribution in [-0.2, 0) is 27.0 Å². The van der Waals surface area contributed by atoms with E-state index < -0.39 is 22.1 Å². The fourth-order valence-corrected chi connectivity index (χ4v) is 4.62. The van der Waals surface area contributed by atoms with Gasteiger partial charge in [0.05, 0.1) is 18.4 Å². The van der Waals surface area contributed by atoms with Gasteiger partial charge in [-0.15, -0.1) is 0 Å². The Morgan fingerprint density at radius 3 is 2.47 bits per heavy atom. The Bertz CT molecular complexity index is 1270. The Balaban J connectivity index is 1.79. The van der Waals surface area contributed by atoms with Crippen molar-refractivity contribution < 1.29 is 27.8 Å². The molecule has 0 saturated carbocycles. The molecule has 1 aliphatic heterocycles. The summed E-state index contributed by atoms with van der Waals surface area (Å²) < 4.78 is 35.2. The van der Waals surface area contributed by atoms with E-state index in [1.54, 1.807) is 19.2 Å². The molecule has 8 heteroatoms. The van der Waals surface area contributed by atoms with Gasteiger partial charge in [0.25, 0.3) is 0 Å². The third-order valence-electron chi connectivity index (χ3n) is 5.40. The minimum absolute atomic E-state index is 0.0617. The molecule has 0 aliphatic carbocycles. The van der Waals surface area contributed by atoms with Crippen LogP contribution < -0.4 is 14.6 Å². The number of benzene rings is 3. The van der Waals surface area contributed by atoms with Crippen LogP contribution in [0.4, 0.5) is 0 Å². The predicted octanol–water partition coefficient (Wildman–Crippen LogP) is 3.65. The van der Waals surface area contributed by atoms with Crippen LogP contribution in [0.5, 0.6) is 11.5 Å². The van der Waals surface area contributed by atoms with Crippen LogP contribution in [0, 0.1) is 0 Å². The van der Waals surface area contributed by atoms with Gasteiger partial charge in [0.2, 0.25) is 10.0 Å². The predicted molar refractivity (Wildman–Crippen MR) is 120 cm³/mol. The van der Waals surface area contributed by atoms with Gasteiger partial charge in [-0.3, -0.25) is 4.79 Å². The Morgan fingerprint density at radius 2 is 1.81 bits per heavy atom. The fraction of sp³-hybridized carbons (Fsp3) is 0.208. The molecule has 0 fully saturated rings. The fourth-order valence-electron chi connectivity index (χ4n) is 3.97. The molecule has 3 aromatic rings. The summed E-state index contributed by atoms with van der Waals surface area (Å²) in [6, 6.07) is 18.6. The molecule has 32 heavy (non-hydrogen) atoms. The number of rotatable bonds is 7. The second kappa shape index (κ2) is 8.64. The number of carboxylic acids is 1. The summed E-state index contributed by atoms with van der Waals surface area (Å²) >= 11 is 0. The van der Waals surface area contributed by atoms with Gasteiger partial charge in [-0.2, -0.15) is 0 Å². The Morgan fingerprint density at radius 1 is 1.09 bits per heavy atom. The topological polar surface area (TPSA) is 116 Å². The van der Waals surface area contributed by atoms with Crippen molar-refractivity contribution in [2.45, 2.75) is 24.7 Å². The zero-order valence-corrected chi connectivity index (χ0v) is 18.3. The molecule has 3 N–H and O–H groups in total.